The molecule has 4 rings (SSSR count). The van der Waals surface area contributed by atoms with Crippen molar-refractivity contribution >= 4 is 29.1 Å². The molecule has 1 heterocycles. The molecule has 0 unspecified atom stereocenters. The Balaban J connectivity index is 1.41. The molecule has 0 bridgehead atoms. The first-order valence-corrected chi connectivity index (χ1v) is 9.51. The highest BCUT2D eigenvalue weighted by Crippen LogP contribution is 2.25. The Bertz CT molecular complexity index is 921. The molecule has 0 spiro atoms. The molecule has 0 aliphatic heterocycles. The molecule has 0 fully saturated rings. The second kappa shape index (κ2) is 7.02. The number of nitrogens with zero attached hydrogens (tertiary/aromatic N) is 2. The van der Waals surface area contributed by atoms with E-state index in [1.54, 1.807) is 0 Å². The number of carbonyl (C=O) groups is 1. The standard InChI is InChI=1S/C19H16ClN3OS/c20-16-8-6-13(7-9-16)18-21-19(23-22-18)25-11-17(24)15-5-4-12-2-1-3-14(12)10-15/h4-10H,1-3,11H2,(H,21,22,23). The lowest BCUT2D eigenvalue weighted by Crippen LogP contribution is -2.03. The molecule has 25 heavy (non-hydrogen) atoms. The normalized spacial score (nSPS) is 13.0. The van der Waals surface area contributed by atoms with Crippen LogP contribution >= 0.6 is 23.4 Å². The van der Waals surface area contributed by atoms with Crippen molar-refractivity contribution < 1.29 is 4.79 Å². The smallest absolute Gasteiger partial charge is 0.209 e. The van der Waals surface area contributed by atoms with Gasteiger partial charge in [-0.1, -0.05) is 35.5 Å². The van der Waals surface area contributed by atoms with E-state index in [-0.39, 0.29) is 5.78 Å². The number of benzene rings is 2. The van der Waals surface area contributed by atoms with Gasteiger partial charge in [-0.3, -0.25) is 9.89 Å². The van der Waals surface area contributed by atoms with E-state index in [2.05, 4.69) is 21.2 Å². The molecule has 1 aromatic heterocycles. The van der Waals surface area contributed by atoms with Crippen LogP contribution in [0.2, 0.25) is 5.02 Å². The third-order valence-corrected chi connectivity index (χ3v) is 5.43. The van der Waals surface area contributed by atoms with Gasteiger partial charge in [-0.2, -0.15) is 0 Å². The molecule has 1 aliphatic carbocycles. The van der Waals surface area contributed by atoms with Crippen molar-refractivity contribution in [3.05, 3.63) is 64.2 Å². The Morgan fingerprint density at radius 2 is 1.92 bits per heavy atom. The number of aryl methyl sites for hydroxylation is 2. The summed E-state index contributed by atoms with van der Waals surface area (Å²) in [6, 6.07) is 13.4. The van der Waals surface area contributed by atoms with Crippen molar-refractivity contribution in [3.8, 4) is 11.4 Å². The molecule has 6 heteroatoms. The van der Waals surface area contributed by atoms with Crippen LogP contribution in [0.1, 0.15) is 27.9 Å². The molecule has 1 N–H and O–H groups in total. The molecule has 126 valence electrons. The number of aromatic amines is 1. The minimum atomic E-state index is 0.109. The van der Waals surface area contributed by atoms with E-state index in [0.717, 1.165) is 24.0 Å². The number of aromatic nitrogens is 3. The monoisotopic (exact) mass is 369 g/mol. The fourth-order valence-electron chi connectivity index (χ4n) is 3.01. The number of rotatable bonds is 5. The first-order chi connectivity index (χ1) is 12.2. The van der Waals surface area contributed by atoms with Gasteiger partial charge < -0.3 is 0 Å². The average Bonchev–Trinajstić information content (AvgIpc) is 3.29. The molecular formula is C19H16ClN3OS. The fourth-order valence-corrected chi connectivity index (χ4v) is 3.83. The van der Waals surface area contributed by atoms with Gasteiger partial charge in [0.05, 0.1) is 5.75 Å². The Labute approximate surface area is 155 Å². The number of hydrogen-bond acceptors (Lipinski definition) is 4. The molecule has 0 atom stereocenters. The summed E-state index contributed by atoms with van der Waals surface area (Å²) in [5.41, 5.74) is 4.39. The third kappa shape index (κ3) is 3.62. The first-order valence-electron chi connectivity index (χ1n) is 8.15. The number of fused-ring (bicyclic) bond motifs is 1. The minimum absolute atomic E-state index is 0.109. The molecule has 3 aromatic rings. The van der Waals surface area contributed by atoms with Crippen molar-refractivity contribution in [1.29, 1.82) is 0 Å². The summed E-state index contributed by atoms with van der Waals surface area (Å²) in [5, 5.41) is 8.33. The van der Waals surface area contributed by atoms with E-state index in [9.17, 15) is 4.79 Å². The van der Waals surface area contributed by atoms with E-state index in [0.29, 0.717) is 21.8 Å². The zero-order valence-corrected chi connectivity index (χ0v) is 15.0. The number of Topliss-reactive ketones (excluding diaryl/α,β-unsaturated/α-hetero) is 1. The van der Waals surface area contributed by atoms with Crippen molar-refractivity contribution in [1.82, 2.24) is 15.2 Å². The predicted octanol–water partition coefficient (Wildman–Crippen LogP) is 4.59. The Morgan fingerprint density at radius 3 is 2.76 bits per heavy atom. The zero-order chi connectivity index (χ0) is 17.2. The summed E-state index contributed by atoms with van der Waals surface area (Å²) < 4.78 is 0. The van der Waals surface area contributed by atoms with Gasteiger partial charge in [0.2, 0.25) is 5.16 Å². The molecule has 0 radical (unpaired) electrons. The average molecular weight is 370 g/mol. The second-order valence-electron chi connectivity index (χ2n) is 6.02. The van der Waals surface area contributed by atoms with Gasteiger partial charge in [0.1, 0.15) is 0 Å². The molecule has 0 saturated heterocycles. The van der Waals surface area contributed by atoms with E-state index in [4.69, 9.17) is 11.6 Å². The summed E-state index contributed by atoms with van der Waals surface area (Å²) >= 11 is 7.24. The topological polar surface area (TPSA) is 58.6 Å². The molecule has 4 nitrogen and oxygen atoms in total. The predicted molar refractivity (Wildman–Crippen MR) is 100 cm³/mol. The highest BCUT2D eigenvalue weighted by Gasteiger charge is 2.15. The molecule has 1 aliphatic rings. The lowest BCUT2D eigenvalue weighted by Gasteiger charge is -2.03. The van der Waals surface area contributed by atoms with Gasteiger partial charge in [-0.25, -0.2) is 4.98 Å². The molecule has 0 saturated carbocycles. The number of nitrogens with one attached hydrogen (secondary N) is 1. The van der Waals surface area contributed by atoms with Crippen LogP contribution in [-0.4, -0.2) is 26.7 Å². The second-order valence-corrected chi connectivity index (χ2v) is 7.40. The summed E-state index contributed by atoms with van der Waals surface area (Å²) in [5.74, 6) is 1.11. The van der Waals surface area contributed by atoms with Crippen molar-refractivity contribution in [3.63, 3.8) is 0 Å². The van der Waals surface area contributed by atoms with Gasteiger partial charge in [-0.05, 0) is 60.7 Å². The first kappa shape index (κ1) is 16.4. The van der Waals surface area contributed by atoms with E-state index >= 15 is 0 Å². The maximum Gasteiger partial charge on any atom is 0.209 e. The summed E-state index contributed by atoms with van der Waals surface area (Å²) in [7, 11) is 0. The van der Waals surface area contributed by atoms with Gasteiger partial charge in [0, 0.05) is 16.1 Å². The summed E-state index contributed by atoms with van der Waals surface area (Å²) in [6.07, 6.45) is 3.39. The van der Waals surface area contributed by atoms with Gasteiger partial charge in [-0.15, -0.1) is 5.10 Å². The lowest BCUT2D eigenvalue weighted by atomic mass is 10.0. The van der Waals surface area contributed by atoms with E-state index < -0.39 is 0 Å². The highest BCUT2D eigenvalue weighted by atomic mass is 35.5. The van der Waals surface area contributed by atoms with E-state index in [1.807, 2.05) is 36.4 Å². The summed E-state index contributed by atoms with van der Waals surface area (Å²) in [6.45, 7) is 0. The van der Waals surface area contributed by atoms with Crippen molar-refractivity contribution in [2.45, 2.75) is 24.4 Å². The number of halogens is 1. The van der Waals surface area contributed by atoms with Crippen LogP contribution in [-0.2, 0) is 12.8 Å². The molecular weight excluding hydrogens is 354 g/mol. The summed E-state index contributed by atoms with van der Waals surface area (Å²) in [4.78, 5) is 16.9. The van der Waals surface area contributed by atoms with Crippen molar-refractivity contribution in [2.75, 3.05) is 5.75 Å². The lowest BCUT2D eigenvalue weighted by molar-refractivity contribution is 0.102. The third-order valence-electron chi connectivity index (χ3n) is 4.34. The van der Waals surface area contributed by atoms with Crippen LogP contribution in [0, 0.1) is 0 Å². The van der Waals surface area contributed by atoms with Crippen LogP contribution in [0.4, 0.5) is 0 Å². The maximum atomic E-state index is 12.4. The van der Waals surface area contributed by atoms with Gasteiger partial charge in [0.25, 0.3) is 0 Å². The Hall–Kier alpha value is -2.11. The minimum Gasteiger partial charge on any atom is -0.293 e. The Kier molecular flexibility index (Phi) is 4.59. The number of hydrogen-bond donors (Lipinski definition) is 1. The van der Waals surface area contributed by atoms with Crippen LogP contribution < -0.4 is 0 Å². The van der Waals surface area contributed by atoms with Crippen molar-refractivity contribution in [2.24, 2.45) is 0 Å². The van der Waals surface area contributed by atoms with E-state index in [1.165, 1.54) is 29.3 Å². The van der Waals surface area contributed by atoms with Gasteiger partial charge >= 0.3 is 0 Å². The largest absolute Gasteiger partial charge is 0.293 e. The highest BCUT2D eigenvalue weighted by molar-refractivity contribution is 7.99. The number of H-pyrrole nitrogens is 1. The van der Waals surface area contributed by atoms with Crippen LogP contribution in [0.15, 0.2) is 47.6 Å². The number of ketones is 1. The van der Waals surface area contributed by atoms with Crippen LogP contribution in [0.25, 0.3) is 11.4 Å². The van der Waals surface area contributed by atoms with Crippen LogP contribution in [0.5, 0.6) is 0 Å². The quantitative estimate of drug-likeness (QED) is 0.528. The van der Waals surface area contributed by atoms with Gasteiger partial charge in [0.15, 0.2) is 11.6 Å². The molecule has 2 aromatic carbocycles. The number of carbonyl (C=O) groups excluding carboxylic acids is 1. The maximum absolute atomic E-state index is 12.4. The molecule has 0 amide bonds. The fraction of sp³-hybridized carbons (Fsp3) is 0.211. The number of thioether (sulfide) groups is 1. The SMILES string of the molecule is O=C(CSc1n[nH]c(-c2ccc(Cl)cc2)n1)c1ccc2c(c1)CCC2. The Morgan fingerprint density at radius 1 is 1.12 bits per heavy atom. The zero-order valence-electron chi connectivity index (χ0n) is 13.5. The van der Waals surface area contributed by atoms with Crippen LogP contribution in [0.3, 0.4) is 0 Å².